The van der Waals surface area contributed by atoms with Crippen molar-refractivity contribution in [3.8, 4) is 0 Å². The van der Waals surface area contributed by atoms with E-state index in [0.717, 1.165) is 6.42 Å². The van der Waals surface area contributed by atoms with Gasteiger partial charge in [-0.1, -0.05) is 52.4 Å². The number of unbranched alkanes of at least 4 members (excludes halogenated alkanes) is 4. The fourth-order valence-electron chi connectivity index (χ4n) is 3.19. The van der Waals surface area contributed by atoms with Crippen molar-refractivity contribution < 1.29 is 8.42 Å². The summed E-state index contributed by atoms with van der Waals surface area (Å²) in [6.07, 6.45) is 10.7. The molecule has 4 heteroatoms. The lowest BCUT2D eigenvalue weighted by molar-refractivity contribution is 0.305. The summed E-state index contributed by atoms with van der Waals surface area (Å²) in [5.74, 6) is 0.672. The van der Waals surface area contributed by atoms with Gasteiger partial charge < -0.3 is 5.32 Å². The largest absolute Gasteiger partial charge is 0.308 e. The number of nitrogens with one attached hydrogen (secondary N) is 1. The summed E-state index contributed by atoms with van der Waals surface area (Å²) in [6.45, 7) is 6.54. The summed E-state index contributed by atoms with van der Waals surface area (Å²) in [5, 5.41) is 3.69. The van der Waals surface area contributed by atoms with Crippen LogP contribution in [0.15, 0.2) is 0 Å². The van der Waals surface area contributed by atoms with E-state index in [1.54, 1.807) is 0 Å². The van der Waals surface area contributed by atoms with Gasteiger partial charge in [0.1, 0.15) is 0 Å². The van der Waals surface area contributed by atoms with Gasteiger partial charge in [0.15, 0.2) is 9.84 Å². The molecule has 0 radical (unpaired) electrons. The number of hydrogen-bond acceptors (Lipinski definition) is 3. The maximum Gasteiger partial charge on any atom is 0.152 e. The van der Waals surface area contributed by atoms with Gasteiger partial charge in [-0.2, -0.15) is 0 Å². The minimum atomic E-state index is -2.81. The molecule has 1 unspecified atom stereocenters. The molecule has 1 aliphatic rings. The second kappa shape index (κ2) is 8.38. The molecule has 0 aromatic heterocycles. The van der Waals surface area contributed by atoms with E-state index in [1.165, 1.54) is 51.4 Å². The van der Waals surface area contributed by atoms with Crippen LogP contribution in [0.4, 0.5) is 0 Å². The molecule has 1 heterocycles. The molecule has 0 aliphatic carbocycles. The topological polar surface area (TPSA) is 46.2 Å². The van der Waals surface area contributed by atoms with Crippen LogP contribution >= 0.6 is 0 Å². The zero-order chi connectivity index (χ0) is 15.1. The van der Waals surface area contributed by atoms with Crippen molar-refractivity contribution in [1.82, 2.24) is 5.32 Å². The Morgan fingerprint density at radius 2 is 1.60 bits per heavy atom. The summed E-state index contributed by atoms with van der Waals surface area (Å²) in [6, 6.07) is 0.492. The van der Waals surface area contributed by atoms with Crippen molar-refractivity contribution in [3.05, 3.63) is 0 Å². The molecule has 1 fully saturated rings. The normalized spacial score (nSPS) is 25.4. The maximum atomic E-state index is 11.7. The summed E-state index contributed by atoms with van der Waals surface area (Å²) < 4.78 is 23.4. The Morgan fingerprint density at radius 3 is 2.00 bits per heavy atom. The van der Waals surface area contributed by atoms with Crippen LogP contribution in [-0.4, -0.2) is 31.5 Å². The average Bonchev–Trinajstić information content (AvgIpc) is 2.64. The van der Waals surface area contributed by atoms with Crippen molar-refractivity contribution in [2.75, 3.05) is 11.5 Å². The average molecular weight is 304 g/mol. The van der Waals surface area contributed by atoms with E-state index >= 15 is 0 Å². The molecule has 20 heavy (non-hydrogen) atoms. The van der Waals surface area contributed by atoms with Crippen molar-refractivity contribution >= 4 is 9.84 Å². The van der Waals surface area contributed by atoms with Gasteiger partial charge >= 0.3 is 0 Å². The van der Waals surface area contributed by atoms with Gasteiger partial charge in [0.05, 0.1) is 11.5 Å². The Balaban J connectivity index is 2.49. The second-order valence-corrected chi connectivity index (χ2v) is 8.92. The zero-order valence-electron chi connectivity index (χ0n) is 13.6. The summed E-state index contributed by atoms with van der Waals surface area (Å²) in [5.41, 5.74) is -0.193. The van der Waals surface area contributed by atoms with E-state index in [2.05, 4.69) is 26.1 Å². The van der Waals surface area contributed by atoms with Crippen LogP contribution in [0.5, 0.6) is 0 Å². The Kier molecular flexibility index (Phi) is 7.52. The fraction of sp³-hybridized carbons (Fsp3) is 1.00. The van der Waals surface area contributed by atoms with Crippen molar-refractivity contribution in [1.29, 1.82) is 0 Å². The molecule has 0 saturated carbocycles. The van der Waals surface area contributed by atoms with E-state index in [4.69, 9.17) is 0 Å². The van der Waals surface area contributed by atoms with Gasteiger partial charge in [-0.25, -0.2) is 8.42 Å². The molecular weight excluding hydrogens is 270 g/mol. The molecule has 0 aromatic rings. The molecular formula is C16H33NO2S. The lowest BCUT2D eigenvalue weighted by Gasteiger charge is -2.31. The van der Waals surface area contributed by atoms with Gasteiger partial charge in [0.25, 0.3) is 0 Å². The van der Waals surface area contributed by atoms with Gasteiger partial charge in [0.2, 0.25) is 0 Å². The lowest BCUT2D eigenvalue weighted by atomic mass is 9.95. The Labute approximate surface area is 125 Å². The highest BCUT2D eigenvalue weighted by atomic mass is 32.2. The molecule has 1 aliphatic heterocycles. The Bertz CT molecular complexity index is 357. The van der Waals surface area contributed by atoms with Gasteiger partial charge in [-0.3, -0.25) is 0 Å². The molecule has 1 N–H and O–H groups in total. The summed E-state index contributed by atoms with van der Waals surface area (Å²) >= 11 is 0. The number of rotatable bonds is 10. The minimum Gasteiger partial charge on any atom is -0.308 e. The predicted molar refractivity (Wildman–Crippen MR) is 86.9 cm³/mol. The Morgan fingerprint density at radius 1 is 1.05 bits per heavy atom. The first-order valence-corrected chi connectivity index (χ1v) is 10.2. The molecule has 0 aromatic carbocycles. The first-order valence-electron chi connectivity index (χ1n) is 8.39. The van der Waals surface area contributed by atoms with Crippen LogP contribution in [0.2, 0.25) is 0 Å². The highest BCUT2D eigenvalue weighted by Crippen LogP contribution is 2.25. The molecule has 1 saturated heterocycles. The van der Waals surface area contributed by atoms with Crippen molar-refractivity contribution in [2.24, 2.45) is 0 Å². The zero-order valence-corrected chi connectivity index (χ0v) is 14.4. The highest BCUT2D eigenvalue weighted by molar-refractivity contribution is 7.91. The predicted octanol–water partition coefficient (Wildman–Crippen LogP) is 3.68. The van der Waals surface area contributed by atoms with E-state index < -0.39 is 9.84 Å². The summed E-state index contributed by atoms with van der Waals surface area (Å²) in [4.78, 5) is 0. The van der Waals surface area contributed by atoms with Crippen LogP contribution in [-0.2, 0) is 9.84 Å². The molecule has 0 bridgehead atoms. The first-order chi connectivity index (χ1) is 9.41. The Hall–Kier alpha value is -0.0900. The molecule has 0 spiro atoms. The number of hydrogen-bond donors (Lipinski definition) is 1. The SMILES string of the molecule is CCCCCC(CCCCC)NC1(C)CCS(=O)(=O)C1. The maximum absolute atomic E-state index is 11.7. The first kappa shape index (κ1) is 18.0. The van der Waals surface area contributed by atoms with Crippen molar-refractivity contribution in [3.63, 3.8) is 0 Å². The third kappa shape index (κ3) is 6.57. The monoisotopic (exact) mass is 303 g/mol. The van der Waals surface area contributed by atoms with Crippen LogP contribution in [0.1, 0.15) is 78.6 Å². The summed E-state index contributed by atoms with van der Waals surface area (Å²) in [7, 11) is -2.81. The lowest BCUT2D eigenvalue weighted by Crippen LogP contribution is -2.49. The van der Waals surface area contributed by atoms with Crippen LogP contribution in [0.3, 0.4) is 0 Å². The van der Waals surface area contributed by atoms with E-state index in [-0.39, 0.29) is 5.54 Å². The van der Waals surface area contributed by atoms with Crippen molar-refractivity contribution in [2.45, 2.75) is 90.1 Å². The number of sulfone groups is 1. The van der Waals surface area contributed by atoms with E-state index in [9.17, 15) is 8.42 Å². The quantitative estimate of drug-likeness (QED) is 0.626. The molecule has 120 valence electrons. The van der Waals surface area contributed by atoms with Crippen LogP contribution in [0, 0.1) is 0 Å². The van der Waals surface area contributed by atoms with Gasteiger partial charge in [0, 0.05) is 11.6 Å². The highest BCUT2D eigenvalue weighted by Gasteiger charge is 2.39. The smallest absolute Gasteiger partial charge is 0.152 e. The third-order valence-electron chi connectivity index (χ3n) is 4.37. The molecule has 1 atom stereocenters. The van der Waals surface area contributed by atoms with Crippen LogP contribution in [0.25, 0.3) is 0 Å². The van der Waals surface area contributed by atoms with E-state index in [1.807, 2.05) is 0 Å². The van der Waals surface area contributed by atoms with E-state index in [0.29, 0.717) is 17.5 Å². The molecule has 3 nitrogen and oxygen atoms in total. The minimum absolute atomic E-state index is 0.193. The van der Waals surface area contributed by atoms with Crippen LogP contribution < -0.4 is 5.32 Å². The fourth-order valence-corrected chi connectivity index (χ4v) is 5.29. The molecule has 0 amide bonds. The molecule has 1 rings (SSSR count). The van der Waals surface area contributed by atoms with Gasteiger partial charge in [-0.15, -0.1) is 0 Å². The standard InChI is InChI=1S/C16H33NO2S/c1-4-6-8-10-15(11-9-7-5-2)17-16(3)12-13-20(18,19)14-16/h15,17H,4-14H2,1-3H3. The van der Waals surface area contributed by atoms with Gasteiger partial charge in [-0.05, 0) is 26.2 Å². The second-order valence-electron chi connectivity index (χ2n) is 6.74. The third-order valence-corrected chi connectivity index (χ3v) is 6.27.